The van der Waals surface area contributed by atoms with Crippen LogP contribution in [-0.2, 0) is 10.2 Å². The molecule has 29 heavy (non-hydrogen) atoms. The van der Waals surface area contributed by atoms with Gasteiger partial charge in [0.1, 0.15) is 28.9 Å². The van der Waals surface area contributed by atoms with E-state index in [0.717, 1.165) is 0 Å². The lowest BCUT2D eigenvalue weighted by Gasteiger charge is -2.28. The van der Waals surface area contributed by atoms with Gasteiger partial charge >= 0.3 is 5.97 Å². The molecule has 1 unspecified atom stereocenters. The van der Waals surface area contributed by atoms with Crippen LogP contribution < -0.4 is 15.2 Å². The van der Waals surface area contributed by atoms with E-state index in [0.29, 0.717) is 17.1 Å². The van der Waals surface area contributed by atoms with E-state index in [9.17, 15) is 20.4 Å². The molecule has 0 radical (unpaired) electrons. The number of nitrogen functional groups attached to an aromatic ring is 1. The third kappa shape index (κ3) is 3.01. The van der Waals surface area contributed by atoms with Crippen LogP contribution in [0.25, 0.3) is 11.1 Å². The van der Waals surface area contributed by atoms with E-state index in [1.807, 2.05) is 12.1 Å². The van der Waals surface area contributed by atoms with Gasteiger partial charge in [-0.1, -0.05) is 19.1 Å². The van der Waals surface area contributed by atoms with Crippen molar-refractivity contribution < 1.29 is 19.4 Å². The van der Waals surface area contributed by atoms with Crippen LogP contribution in [-0.4, -0.2) is 22.9 Å². The smallest absolute Gasteiger partial charge is 0.316 e. The average Bonchev–Trinajstić information content (AvgIpc) is 3.18. The van der Waals surface area contributed by atoms with E-state index in [-0.39, 0.29) is 47.8 Å². The van der Waals surface area contributed by atoms with Crippen molar-refractivity contribution >= 4 is 11.8 Å². The molecule has 0 fully saturated rings. The summed E-state index contributed by atoms with van der Waals surface area (Å²) in [6, 6.07) is 8.98. The second-order valence-corrected chi connectivity index (χ2v) is 6.50. The molecule has 2 aromatic rings. The Kier molecular flexibility index (Phi) is 5.12. The van der Waals surface area contributed by atoms with Crippen molar-refractivity contribution in [3.05, 3.63) is 47.7 Å². The summed E-state index contributed by atoms with van der Waals surface area (Å²) in [5.41, 5.74) is 5.23. The second-order valence-electron chi connectivity index (χ2n) is 6.50. The van der Waals surface area contributed by atoms with E-state index in [2.05, 4.69) is 11.6 Å². The Morgan fingerprint density at radius 2 is 2.03 bits per heavy atom. The Morgan fingerprint density at radius 3 is 2.62 bits per heavy atom. The highest BCUT2D eigenvalue weighted by molar-refractivity contribution is 5.88. The SMILES string of the molecule is C=CCC(CC)(C(=O)O)c1nc(N)c(C#N)c(-c2ccc3c(c2)OCO3)c1C#N. The van der Waals surface area contributed by atoms with Gasteiger partial charge in [-0.25, -0.2) is 4.98 Å². The van der Waals surface area contributed by atoms with Crippen molar-refractivity contribution in [1.82, 2.24) is 4.98 Å². The molecule has 8 nitrogen and oxygen atoms in total. The quantitative estimate of drug-likeness (QED) is 0.716. The van der Waals surface area contributed by atoms with Gasteiger partial charge < -0.3 is 20.3 Å². The van der Waals surface area contributed by atoms with Gasteiger partial charge in [0.2, 0.25) is 6.79 Å². The molecular weight excluding hydrogens is 372 g/mol. The first kappa shape index (κ1) is 19.7. The highest BCUT2D eigenvalue weighted by Gasteiger charge is 2.42. The summed E-state index contributed by atoms with van der Waals surface area (Å²) in [5.74, 6) is -0.298. The number of aliphatic carboxylic acids is 1. The van der Waals surface area contributed by atoms with E-state index < -0.39 is 11.4 Å². The molecule has 3 N–H and O–H groups in total. The molecule has 0 saturated heterocycles. The fourth-order valence-electron chi connectivity index (χ4n) is 3.51. The maximum absolute atomic E-state index is 12.2. The summed E-state index contributed by atoms with van der Waals surface area (Å²) in [7, 11) is 0. The average molecular weight is 390 g/mol. The number of ether oxygens (including phenoxy) is 2. The number of allylic oxidation sites excluding steroid dienone is 1. The number of nitrogens with two attached hydrogens (primary N) is 1. The van der Waals surface area contributed by atoms with Gasteiger partial charge in [-0.05, 0) is 30.5 Å². The number of hydrogen-bond donors (Lipinski definition) is 2. The zero-order chi connectivity index (χ0) is 21.2. The third-order valence-electron chi connectivity index (χ3n) is 5.07. The number of aromatic nitrogens is 1. The van der Waals surface area contributed by atoms with Gasteiger partial charge in [0.25, 0.3) is 0 Å². The summed E-state index contributed by atoms with van der Waals surface area (Å²) in [6.07, 6.45) is 1.67. The topological polar surface area (TPSA) is 142 Å². The van der Waals surface area contributed by atoms with Crippen molar-refractivity contribution in [3.8, 4) is 34.8 Å². The Bertz CT molecular complexity index is 1100. The number of carbonyl (C=O) groups is 1. The first-order valence-electron chi connectivity index (χ1n) is 8.82. The van der Waals surface area contributed by atoms with Gasteiger partial charge in [0.05, 0.1) is 11.3 Å². The lowest BCUT2D eigenvalue weighted by Crippen LogP contribution is -2.37. The molecule has 1 aromatic carbocycles. The molecule has 0 aliphatic carbocycles. The number of hydrogen-bond acceptors (Lipinski definition) is 7. The zero-order valence-electron chi connectivity index (χ0n) is 15.7. The molecule has 0 saturated carbocycles. The number of carboxylic acids is 1. The Hall–Kier alpha value is -4.04. The highest BCUT2D eigenvalue weighted by atomic mass is 16.7. The van der Waals surface area contributed by atoms with E-state index in [1.165, 1.54) is 6.08 Å². The minimum atomic E-state index is -1.50. The van der Waals surface area contributed by atoms with Crippen LogP contribution in [0.2, 0.25) is 0 Å². The summed E-state index contributed by atoms with van der Waals surface area (Å²) in [4.78, 5) is 16.4. The van der Waals surface area contributed by atoms with Crippen molar-refractivity contribution in [2.24, 2.45) is 0 Å². The number of fused-ring (bicyclic) bond motifs is 1. The van der Waals surface area contributed by atoms with Crippen molar-refractivity contribution in [2.75, 3.05) is 12.5 Å². The van der Waals surface area contributed by atoms with Gasteiger partial charge in [-0.3, -0.25) is 4.79 Å². The number of benzene rings is 1. The molecule has 8 heteroatoms. The van der Waals surface area contributed by atoms with Crippen LogP contribution >= 0.6 is 0 Å². The summed E-state index contributed by atoms with van der Waals surface area (Å²) in [5, 5.41) is 29.6. The van der Waals surface area contributed by atoms with Gasteiger partial charge in [-0.15, -0.1) is 6.58 Å². The van der Waals surface area contributed by atoms with Crippen LogP contribution in [0, 0.1) is 22.7 Å². The van der Waals surface area contributed by atoms with Gasteiger partial charge in [0.15, 0.2) is 11.5 Å². The Morgan fingerprint density at radius 1 is 1.34 bits per heavy atom. The standard InChI is InChI=1S/C21H18N4O4/c1-3-7-21(4-2,20(26)27)18-13(9-22)17(14(10-23)19(24)25-18)12-5-6-15-16(8-12)29-11-28-15/h3,5-6,8H,1,4,7,11H2,2H3,(H2,24,25)(H,26,27). The van der Waals surface area contributed by atoms with E-state index in [1.54, 1.807) is 25.1 Å². The van der Waals surface area contributed by atoms with Crippen LogP contribution in [0.5, 0.6) is 11.5 Å². The summed E-state index contributed by atoms with van der Waals surface area (Å²) < 4.78 is 10.7. The van der Waals surface area contributed by atoms with Crippen LogP contribution in [0.15, 0.2) is 30.9 Å². The Labute approximate surface area is 167 Å². The van der Waals surface area contributed by atoms with Crippen LogP contribution in [0.1, 0.15) is 36.6 Å². The van der Waals surface area contributed by atoms with Crippen LogP contribution in [0.3, 0.4) is 0 Å². The third-order valence-corrected chi connectivity index (χ3v) is 5.07. The van der Waals surface area contributed by atoms with Crippen molar-refractivity contribution in [3.63, 3.8) is 0 Å². The maximum atomic E-state index is 12.2. The molecule has 0 bridgehead atoms. The number of rotatable bonds is 6. The normalized spacial score (nSPS) is 13.8. The predicted octanol–water partition coefficient (Wildman–Crippen LogP) is 3.11. The lowest BCUT2D eigenvalue weighted by atomic mass is 9.75. The molecule has 0 spiro atoms. The molecular formula is C21H18N4O4. The summed E-state index contributed by atoms with van der Waals surface area (Å²) >= 11 is 0. The number of nitriles is 2. The number of pyridine rings is 1. The maximum Gasteiger partial charge on any atom is 0.316 e. The first-order valence-corrected chi connectivity index (χ1v) is 8.82. The predicted molar refractivity (Wildman–Crippen MR) is 104 cm³/mol. The van der Waals surface area contributed by atoms with Crippen LogP contribution in [0.4, 0.5) is 5.82 Å². The molecule has 1 atom stereocenters. The molecule has 1 aliphatic heterocycles. The van der Waals surface area contributed by atoms with E-state index in [4.69, 9.17) is 15.2 Å². The molecule has 0 amide bonds. The van der Waals surface area contributed by atoms with Crippen molar-refractivity contribution in [1.29, 1.82) is 10.5 Å². The highest BCUT2D eigenvalue weighted by Crippen LogP contribution is 2.42. The first-order chi connectivity index (χ1) is 13.9. The van der Waals surface area contributed by atoms with Crippen molar-refractivity contribution in [2.45, 2.75) is 25.2 Å². The number of nitrogens with zero attached hydrogens (tertiary/aromatic N) is 3. The Balaban J connectivity index is 2.40. The molecule has 3 rings (SSSR count). The number of carboxylic acid groups (broad SMARTS) is 1. The van der Waals surface area contributed by atoms with Gasteiger partial charge in [-0.2, -0.15) is 10.5 Å². The lowest BCUT2D eigenvalue weighted by molar-refractivity contribution is -0.144. The minimum absolute atomic E-state index is 0.00170. The fraction of sp³-hybridized carbons (Fsp3) is 0.238. The summed E-state index contributed by atoms with van der Waals surface area (Å²) in [6.45, 7) is 5.40. The fourth-order valence-corrected chi connectivity index (χ4v) is 3.51. The second kappa shape index (κ2) is 7.53. The molecule has 2 heterocycles. The monoisotopic (exact) mass is 390 g/mol. The van der Waals surface area contributed by atoms with Gasteiger partial charge in [0, 0.05) is 5.56 Å². The largest absolute Gasteiger partial charge is 0.481 e. The molecule has 1 aliphatic rings. The zero-order valence-corrected chi connectivity index (χ0v) is 15.7. The molecule has 1 aromatic heterocycles. The number of anilines is 1. The molecule has 146 valence electrons. The minimum Gasteiger partial charge on any atom is -0.481 e. The van der Waals surface area contributed by atoms with E-state index >= 15 is 0 Å².